The van der Waals surface area contributed by atoms with Crippen molar-refractivity contribution in [3.8, 4) is 0 Å². The number of rotatable bonds is 7. The molecule has 1 atom stereocenters. The van der Waals surface area contributed by atoms with E-state index < -0.39 is 0 Å². The van der Waals surface area contributed by atoms with E-state index in [4.69, 9.17) is 10.8 Å². The largest absolute Gasteiger partial charge is 0.396 e. The van der Waals surface area contributed by atoms with Crippen molar-refractivity contribution >= 4 is 5.69 Å². The van der Waals surface area contributed by atoms with Crippen molar-refractivity contribution in [2.24, 2.45) is 11.7 Å². The van der Waals surface area contributed by atoms with Gasteiger partial charge in [-0.3, -0.25) is 0 Å². The van der Waals surface area contributed by atoms with E-state index in [9.17, 15) is 0 Å². The van der Waals surface area contributed by atoms with Crippen LogP contribution in [-0.4, -0.2) is 24.3 Å². The maximum atomic E-state index is 8.82. The van der Waals surface area contributed by atoms with Crippen LogP contribution in [0.2, 0.25) is 0 Å². The third-order valence-electron chi connectivity index (χ3n) is 2.70. The highest BCUT2D eigenvalue weighted by Gasteiger charge is 2.04. The van der Waals surface area contributed by atoms with Gasteiger partial charge in [0.15, 0.2) is 0 Å². The van der Waals surface area contributed by atoms with Crippen molar-refractivity contribution in [3.63, 3.8) is 0 Å². The molecule has 0 aliphatic carbocycles. The summed E-state index contributed by atoms with van der Waals surface area (Å²) < 4.78 is 0. The first-order valence-corrected chi connectivity index (χ1v) is 6.31. The van der Waals surface area contributed by atoms with Crippen LogP contribution in [0, 0.1) is 5.92 Å². The van der Waals surface area contributed by atoms with Crippen molar-refractivity contribution < 1.29 is 5.11 Å². The van der Waals surface area contributed by atoms with Crippen molar-refractivity contribution in [2.75, 3.05) is 18.5 Å². The summed E-state index contributed by atoms with van der Waals surface area (Å²) in [5.41, 5.74) is 8.25. The van der Waals surface area contributed by atoms with Gasteiger partial charge in [-0.1, -0.05) is 26.0 Å². The average molecular weight is 236 g/mol. The first-order valence-electron chi connectivity index (χ1n) is 6.31. The number of anilines is 1. The first kappa shape index (κ1) is 14.0. The summed E-state index contributed by atoms with van der Waals surface area (Å²) in [5, 5.41) is 12.1. The third kappa shape index (κ3) is 5.71. The van der Waals surface area contributed by atoms with Crippen LogP contribution in [0.4, 0.5) is 5.69 Å². The van der Waals surface area contributed by atoms with Gasteiger partial charge in [-0.15, -0.1) is 0 Å². The summed E-state index contributed by atoms with van der Waals surface area (Å²) >= 11 is 0. The van der Waals surface area contributed by atoms with E-state index >= 15 is 0 Å². The zero-order valence-electron chi connectivity index (χ0n) is 10.8. The van der Waals surface area contributed by atoms with Crippen LogP contribution < -0.4 is 11.1 Å². The maximum Gasteiger partial charge on any atom is 0.0471 e. The molecule has 1 aromatic rings. The summed E-state index contributed by atoms with van der Waals surface area (Å²) in [5.74, 6) is 0.638. The van der Waals surface area contributed by atoms with Gasteiger partial charge in [0.2, 0.25) is 0 Å². The fraction of sp³-hybridized carbons (Fsp3) is 0.571. The molecule has 0 aliphatic rings. The lowest BCUT2D eigenvalue weighted by molar-refractivity contribution is 0.299. The lowest BCUT2D eigenvalue weighted by Gasteiger charge is -2.15. The number of hydrogen-bond acceptors (Lipinski definition) is 3. The smallest absolute Gasteiger partial charge is 0.0471 e. The van der Waals surface area contributed by atoms with Crippen LogP contribution in [0.5, 0.6) is 0 Å². The molecular formula is C14H24N2O. The molecule has 3 nitrogen and oxygen atoms in total. The van der Waals surface area contributed by atoms with E-state index in [1.807, 2.05) is 24.3 Å². The Bertz CT molecular complexity index is 309. The molecule has 0 radical (unpaired) electrons. The van der Waals surface area contributed by atoms with Crippen LogP contribution in [0.3, 0.4) is 0 Å². The monoisotopic (exact) mass is 236 g/mol. The van der Waals surface area contributed by atoms with E-state index in [1.54, 1.807) is 0 Å². The fourth-order valence-corrected chi connectivity index (χ4v) is 1.86. The summed E-state index contributed by atoms with van der Waals surface area (Å²) in [4.78, 5) is 0. The number of benzene rings is 1. The molecule has 0 aliphatic heterocycles. The minimum atomic E-state index is 0.200. The molecule has 1 rings (SSSR count). The SMILES string of the molecule is CC(C)CC(N)CNc1ccc(CCO)cc1. The number of aliphatic hydroxyl groups excluding tert-OH is 1. The normalized spacial score (nSPS) is 12.8. The van der Waals surface area contributed by atoms with Crippen LogP contribution >= 0.6 is 0 Å². The van der Waals surface area contributed by atoms with E-state index in [-0.39, 0.29) is 12.6 Å². The quantitative estimate of drug-likeness (QED) is 0.678. The number of nitrogens with two attached hydrogens (primary N) is 1. The van der Waals surface area contributed by atoms with Gasteiger partial charge in [0, 0.05) is 24.9 Å². The highest BCUT2D eigenvalue weighted by atomic mass is 16.2. The zero-order chi connectivity index (χ0) is 12.7. The molecule has 3 heteroatoms. The molecule has 0 fully saturated rings. The van der Waals surface area contributed by atoms with Crippen LogP contribution in [-0.2, 0) is 6.42 Å². The third-order valence-corrected chi connectivity index (χ3v) is 2.70. The van der Waals surface area contributed by atoms with Gasteiger partial charge >= 0.3 is 0 Å². The molecule has 0 heterocycles. The Kier molecular flexibility index (Phi) is 6.01. The van der Waals surface area contributed by atoms with E-state index in [0.717, 1.165) is 24.2 Å². The highest BCUT2D eigenvalue weighted by molar-refractivity contribution is 5.44. The summed E-state index contributed by atoms with van der Waals surface area (Å²) in [7, 11) is 0. The molecule has 0 spiro atoms. The zero-order valence-corrected chi connectivity index (χ0v) is 10.8. The second-order valence-corrected chi connectivity index (χ2v) is 4.94. The second-order valence-electron chi connectivity index (χ2n) is 4.94. The Morgan fingerprint density at radius 2 is 1.88 bits per heavy atom. The highest BCUT2D eigenvalue weighted by Crippen LogP contribution is 2.10. The molecule has 0 amide bonds. The summed E-state index contributed by atoms with van der Waals surface area (Å²) in [6.07, 6.45) is 1.75. The molecule has 0 bridgehead atoms. The number of hydrogen-bond donors (Lipinski definition) is 3. The number of nitrogens with one attached hydrogen (secondary N) is 1. The molecule has 4 N–H and O–H groups in total. The van der Waals surface area contributed by atoms with Crippen molar-refractivity contribution in [1.82, 2.24) is 0 Å². The van der Waals surface area contributed by atoms with Crippen LogP contribution in [0.1, 0.15) is 25.8 Å². The molecule has 0 aromatic heterocycles. The Hall–Kier alpha value is -1.06. The number of aliphatic hydroxyl groups is 1. The lowest BCUT2D eigenvalue weighted by Crippen LogP contribution is -2.30. The molecule has 17 heavy (non-hydrogen) atoms. The molecular weight excluding hydrogens is 212 g/mol. The Morgan fingerprint density at radius 1 is 1.24 bits per heavy atom. The molecule has 0 saturated carbocycles. The van der Waals surface area contributed by atoms with Gasteiger partial charge in [0.1, 0.15) is 0 Å². The molecule has 1 aromatic carbocycles. The van der Waals surface area contributed by atoms with Crippen molar-refractivity contribution in [3.05, 3.63) is 29.8 Å². The van der Waals surface area contributed by atoms with Gasteiger partial charge in [0.05, 0.1) is 0 Å². The van der Waals surface area contributed by atoms with Gasteiger partial charge < -0.3 is 16.2 Å². The maximum absolute atomic E-state index is 8.82. The second kappa shape index (κ2) is 7.30. The topological polar surface area (TPSA) is 58.3 Å². The van der Waals surface area contributed by atoms with E-state index in [1.165, 1.54) is 0 Å². The van der Waals surface area contributed by atoms with E-state index in [2.05, 4.69) is 19.2 Å². The van der Waals surface area contributed by atoms with Crippen molar-refractivity contribution in [2.45, 2.75) is 32.7 Å². The van der Waals surface area contributed by atoms with Crippen LogP contribution in [0.25, 0.3) is 0 Å². The minimum Gasteiger partial charge on any atom is -0.396 e. The van der Waals surface area contributed by atoms with Gasteiger partial charge in [-0.05, 0) is 36.5 Å². The Balaban J connectivity index is 2.36. The Labute approximate surface area is 104 Å². The standard InChI is InChI=1S/C14H24N2O/c1-11(2)9-13(15)10-16-14-5-3-12(4-6-14)7-8-17/h3-6,11,13,16-17H,7-10,15H2,1-2H3. The van der Waals surface area contributed by atoms with Crippen molar-refractivity contribution in [1.29, 1.82) is 0 Å². The van der Waals surface area contributed by atoms with E-state index in [0.29, 0.717) is 12.3 Å². The minimum absolute atomic E-state index is 0.200. The Morgan fingerprint density at radius 3 is 2.41 bits per heavy atom. The lowest BCUT2D eigenvalue weighted by atomic mass is 10.0. The molecule has 0 saturated heterocycles. The summed E-state index contributed by atoms with van der Waals surface area (Å²) in [6.45, 7) is 5.37. The average Bonchev–Trinajstić information content (AvgIpc) is 2.28. The predicted octanol–water partition coefficient (Wildman–Crippen LogP) is 2.01. The van der Waals surface area contributed by atoms with Crippen LogP contribution in [0.15, 0.2) is 24.3 Å². The van der Waals surface area contributed by atoms with Gasteiger partial charge in [0.25, 0.3) is 0 Å². The van der Waals surface area contributed by atoms with Gasteiger partial charge in [-0.25, -0.2) is 0 Å². The molecule has 96 valence electrons. The van der Waals surface area contributed by atoms with Gasteiger partial charge in [-0.2, -0.15) is 0 Å². The molecule has 1 unspecified atom stereocenters. The summed E-state index contributed by atoms with van der Waals surface area (Å²) in [6, 6.07) is 8.34. The predicted molar refractivity (Wildman–Crippen MR) is 73.2 cm³/mol. The fourth-order valence-electron chi connectivity index (χ4n) is 1.86. The first-order chi connectivity index (χ1) is 8.11.